The number of aromatic nitrogens is 2. The Morgan fingerprint density at radius 2 is 2.14 bits per heavy atom. The highest BCUT2D eigenvalue weighted by Gasteiger charge is 2.09. The first-order chi connectivity index (χ1) is 10.1. The number of aryl methyl sites for hydroxylation is 1. The molecule has 0 radical (unpaired) electrons. The van der Waals surface area contributed by atoms with Crippen LogP contribution in [-0.4, -0.2) is 27.7 Å². The third-order valence-corrected chi connectivity index (χ3v) is 3.03. The van der Waals surface area contributed by atoms with Crippen LogP contribution in [0, 0.1) is 0 Å². The fourth-order valence-electron chi connectivity index (χ4n) is 1.91. The zero-order valence-corrected chi connectivity index (χ0v) is 11.6. The number of hydrogen-bond acceptors (Lipinski definition) is 4. The van der Waals surface area contributed by atoms with E-state index in [2.05, 4.69) is 9.97 Å². The van der Waals surface area contributed by atoms with Crippen molar-refractivity contribution < 1.29 is 14.6 Å². The lowest BCUT2D eigenvalue weighted by Crippen LogP contribution is -2.21. The van der Waals surface area contributed by atoms with E-state index in [9.17, 15) is 9.59 Å². The summed E-state index contributed by atoms with van der Waals surface area (Å²) in [6.45, 7) is 2.40. The molecule has 21 heavy (non-hydrogen) atoms. The Kier molecular flexibility index (Phi) is 4.71. The molecule has 6 heteroatoms. The lowest BCUT2D eigenvalue weighted by atomic mass is 10.1. The van der Waals surface area contributed by atoms with Crippen molar-refractivity contribution in [2.45, 2.75) is 19.8 Å². The fraction of sp³-hybridized carbons (Fsp3) is 0.267. The predicted octanol–water partition coefficient (Wildman–Crippen LogP) is 1.65. The van der Waals surface area contributed by atoms with Crippen LogP contribution in [0.1, 0.15) is 28.7 Å². The van der Waals surface area contributed by atoms with Crippen LogP contribution in [0.2, 0.25) is 0 Å². The quantitative estimate of drug-likeness (QED) is 0.843. The van der Waals surface area contributed by atoms with Crippen molar-refractivity contribution in [2.24, 2.45) is 0 Å². The average Bonchev–Trinajstić information content (AvgIpc) is 2.47. The minimum Gasteiger partial charge on any atom is -0.493 e. The zero-order valence-electron chi connectivity index (χ0n) is 11.6. The van der Waals surface area contributed by atoms with Gasteiger partial charge in [-0.2, -0.15) is 0 Å². The molecule has 0 spiro atoms. The Balaban J connectivity index is 1.99. The van der Waals surface area contributed by atoms with Gasteiger partial charge in [-0.05, 0) is 18.1 Å². The smallest absolute Gasteiger partial charge is 0.342 e. The molecule has 2 aromatic rings. The second-order valence-electron chi connectivity index (χ2n) is 4.44. The summed E-state index contributed by atoms with van der Waals surface area (Å²) in [5.41, 5.74) is 0.0950. The highest BCUT2D eigenvalue weighted by molar-refractivity contribution is 5.86. The van der Waals surface area contributed by atoms with E-state index in [-0.39, 0.29) is 5.56 Å². The Hall–Kier alpha value is -2.63. The molecule has 2 rings (SSSR count). The normalized spacial score (nSPS) is 10.3. The minimum absolute atomic E-state index is 0.354. The molecule has 0 unspecified atom stereocenters. The van der Waals surface area contributed by atoms with Crippen molar-refractivity contribution in [1.82, 2.24) is 9.97 Å². The Morgan fingerprint density at radius 1 is 1.38 bits per heavy atom. The van der Waals surface area contributed by atoms with Crippen LogP contribution < -0.4 is 10.3 Å². The molecule has 1 aromatic heterocycles. The molecule has 1 aromatic carbocycles. The second-order valence-corrected chi connectivity index (χ2v) is 4.44. The van der Waals surface area contributed by atoms with Gasteiger partial charge in [0.2, 0.25) is 0 Å². The summed E-state index contributed by atoms with van der Waals surface area (Å²) >= 11 is 0. The average molecular weight is 288 g/mol. The van der Waals surface area contributed by atoms with E-state index >= 15 is 0 Å². The number of carboxylic acid groups (broad SMARTS) is 1. The van der Waals surface area contributed by atoms with Crippen molar-refractivity contribution in [3.63, 3.8) is 0 Å². The highest BCUT2D eigenvalue weighted by atomic mass is 16.5. The second kappa shape index (κ2) is 6.69. The summed E-state index contributed by atoms with van der Waals surface area (Å²) in [5, 5.41) is 8.75. The number of hydrogen-bond donors (Lipinski definition) is 2. The van der Waals surface area contributed by atoms with Gasteiger partial charge in [-0.25, -0.2) is 9.78 Å². The van der Waals surface area contributed by atoms with E-state index in [1.807, 2.05) is 31.2 Å². The van der Waals surface area contributed by atoms with Gasteiger partial charge < -0.3 is 14.8 Å². The van der Waals surface area contributed by atoms with Gasteiger partial charge in [0.25, 0.3) is 5.56 Å². The topological polar surface area (TPSA) is 92.3 Å². The number of nitrogens with zero attached hydrogens (tertiary/aromatic N) is 1. The van der Waals surface area contributed by atoms with E-state index in [1.54, 1.807) is 0 Å². The van der Waals surface area contributed by atoms with Crippen LogP contribution in [0.25, 0.3) is 0 Å². The third kappa shape index (κ3) is 3.68. The number of para-hydroxylation sites is 1. The van der Waals surface area contributed by atoms with Crippen LogP contribution >= 0.6 is 0 Å². The number of aromatic carboxylic acids is 1. The number of carboxylic acids is 1. The van der Waals surface area contributed by atoms with E-state index in [0.717, 1.165) is 23.9 Å². The van der Waals surface area contributed by atoms with Crippen LogP contribution in [0.5, 0.6) is 5.75 Å². The standard InChI is InChI=1S/C15H16N2O4/c1-2-10-5-3-4-6-12(10)21-8-7-13-16-9-11(15(19)20)14(18)17-13/h3-6,9H,2,7-8H2,1H3,(H,19,20)(H,16,17,18). The SMILES string of the molecule is CCc1ccccc1OCCc1ncc(C(=O)O)c(=O)[nH]1. The summed E-state index contributed by atoms with van der Waals surface area (Å²) in [4.78, 5) is 28.6. The molecule has 0 fully saturated rings. The van der Waals surface area contributed by atoms with E-state index in [4.69, 9.17) is 9.84 Å². The fourth-order valence-corrected chi connectivity index (χ4v) is 1.91. The summed E-state index contributed by atoms with van der Waals surface area (Å²) in [6.07, 6.45) is 2.34. The van der Waals surface area contributed by atoms with Gasteiger partial charge in [-0.1, -0.05) is 25.1 Å². The van der Waals surface area contributed by atoms with Crippen LogP contribution in [0.3, 0.4) is 0 Å². The maximum atomic E-state index is 11.5. The molecule has 0 aliphatic carbocycles. The first-order valence-corrected chi connectivity index (χ1v) is 6.64. The molecule has 0 amide bonds. The Bertz CT molecular complexity index is 694. The van der Waals surface area contributed by atoms with Crippen molar-refractivity contribution >= 4 is 5.97 Å². The number of benzene rings is 1. The maximum absolute atomic E-state index is 11.5. The Labute approximate surface area is 121 Å². The summed E-state index contributed by atoms with van der Waals surface area (Å²) in [6, 6.07) is 7.74. The molecule has 110 valence electrons. The first kappa shape index (κ1) is 14.8. The molecule has 0 bridgehead atoms. The molecule has 0 saturated carbocycles. The van der Waals surface area contributed by atoms with E-state index in [0.29, 0.717) is 18.9 Å². The number of aromatic amines is 1. The number of nitrogens with one attached hydrogen (secondary N) is 1. The minimum atomic E-state index is -1.29. The van der Waals surface area contributed by atoms with Gasteiger partial charge in [-0.15, -0.1) is 0 Å². The molecule has 0 saturated heterocycles. The van der Waals surface area contributed by atoms with Gasteiger partial charge >= 0.3 is 5.97 Å². The Morgan fingerprint density at radius 3 is 2.81 bits per heavy atom. The van der Waals surface area contributed by atoms with Crippen molar-refractivity contribution in [1.29, 1.82) is 0 Å². The van der Waals surface area contributed by atoms with Crippen LogP contribution in [0.15, 0.2) is 35.3 Å². The third-order valence-electron chi connectivity index (χ3n) is 3.03. The van der Waals surface area contributed by atoms with Gasteiger partial charge in [0.05, 0.1) is 6.61 Å². The number of rotatable bonds is 6. The lowest BCUT2D eigenvalue weighted by molar-refractivity contribution is 0.0694. The maximum Gasteiger partial charge on any atom is 0.342 e. The van der Waals surface area contributed by atoms with Gasteiger partial charge in [0, 0.05) is 12.6 Å². The molecule has 1 heterocycles. The van der Waals surface area contributed by atoms with E-state index in [1.165, 1.54) is 0 Å². The number of ether oxygens (including phenoxy) is 1. The zero-order chi connectivity index (χ0) is 15.2. The highest BCUT2D eigenvalue weighted by Crippen LogP contribution is 2.18. The summed E-state index contributed by atoms with van der Waals surface area (Å²) in [5.74, 6) is -0.0769. The van der Waals surface area contributed by atoms with Gasteiger partial charge in [-0.3, -0.25) is 4.79 Å². The monoisotopic (exact) mass is 288 g/mol. The summed E-state index contributed by atoms with van der Waals surface area (Å²) in [7, 11) is 0. The number of H-pyrrole nitrogens is 1. The predicted molar refractivity (Wildman–Crippen MR) is 76.8 cm³/mol. The van der Waals surface area contributed by atoms with E-state index < -0.39 is 11.5 Å². The molecular weight excluding hydrogens is 272 g/mol. The van der Waals surface area contributed by atoms with Gasteiger partial charge in [0.15, 0.2) is 0 Å². The lowest BCUT2D eigenvalue weighted by Gasteiger charge is -2.09. The first-order valence-electron chi connectivity index (χ1n) is 6.64. The molecular formula is C15H16N2O4. The largest absolute Gasteiger partial charge is 0.493 e. The van der Waals surface area contributed by atoms with Crippen LogP contribution in [0.4, 0.5) is 0 Å². The van der Waals surface area contributed by atoms with Crippen LogP contribution in [-0.2, 0) is 12.8 Å². The molecule has 6 nitrogen and oxygen atoms in total. The van der Waals surface area contributed by atoms with Crippen molar-refractivity contribution in [3.8, 4) is 5.75 Å². The molecule has 0 atom stereocenters. The molecule has 2 N–H and O–H groups in total. The molecule has 0 aliphatic rings. The van der Waals surface area contributed by atoms with Crippen molar-refractivity contribution in [3.05, 3.63) is 57.8 Å². The van der Waals surface area contributed by atoms with Crippen molar-refractivity contribution in [2.75, 3.05) is 6.61 Å². The number of carbonyl (C=O) groups is 1. The van der Waals surface area contributed by atoms with Gasteiger partial charge in [0.1, 0.15) is 17.1 Å². The summed E-state index contributed by atoms with van der Waals surface area (Å²) < 4.78 is 5.67. The molecule has 0 aliphatic heterocycles.